The van der Waals surface area contributed by atoms with Crippen molar-refractivity contribution in [3.8, 4) is 0 Å². The average Bonchev–Trinajstić information content (AvgIpc) is 2.53. The van der Waals surface area contributed by atoms with Gasteiger partial charge in [0.15, 0.2) is 0 Å². The van der Waals surface area contributed by atoms with Gasteiger partial charge in [0.2, 0.25) is 0 Å². The van der Waals surface area contributed by atoms with Crippen LogP contribution >= 0.6 is 0 Å². The number of carbonyl (C=O) groups is 1. The van der Waals surface area contributed by atoms with E-state index in [4.69, 9.17) is 23.7 Å². The minimum atomic E-state index is -0.215. The molecule has 0 spiro atoms. The number of rotatable bonds is 16. The van der Waals surface area contributed by atoms with Gasteiger partial charge in [0.05, 0.1) is 39.5 Å². The molecule has 0 aromatic rings. The first-order valence-electron chi connectivity index (χ1n) is 7.75. The Labute approximate surface area is 133 Å². The van der Waals surface area contributed by atoms with Crippen LogP contribution in [0.5, 0.6) is 0 Å². The lowest BCUT2D eigenvalue weighted by atomic mass is 10.3. The molecule has 0 amide bonds. The molecule has 0 saturated carbocycles. The number of ether oxygens (including phenoxy) is 5. The maximum atomic E-state index is 11.6. The van der Waals surface area contributed by atoms with E-state index in [2.05, 4.69) is 4.90 Å². The molecule has 0 atom stereocenters. The van der Waals surface area contributed by atoms with Crippen LogP contribution in [0.2, 0.25) is 0 Å². The van der Waals surface area contributed by atoms with Crippen LogP contribution < -0.4 is 0 Å². The molecule has 0 aliphatic heterocycles. The van der Waals surface area contributed by atoms with E-state index in [9.17, 15) is 4.79 Å². The Kier molecular flexibility index (Phi) is 16.1. The van der Waals surface area contributed by atoms with Crippen molar-refractivity contribution in [2.24, 2.45) is 0 Å². The molecule has 7 nitrogen and oxygen atoms in total. The minimum absolute atomic E-state index is 0.215. The Balaban J connectivity index is 3.61. The third kappa shape index (κ3) is 14.2. The van der Waals surface area contributed by atoms with Crippen molar-refractivity contribution in [1.82, 2.24) is 4.90 Å². The summed E-state index contributed by atoms with van der Waals surface area (Å²) in [6.45, 7) is 7.82. The standard InChI is InChI=1S/C15H31NO6/c1-4-20-11-12-21-13-14-22-15(17)5-6-16(7-9-18-2)8-10-19-3/h4-14H2,1-3H3. The highest BCUT2D eigenvalue weighted by molar-refractivity contribution is 5.69. The molecule has 0 rings (SSSR count). The van der Waals surface area contributed by atoms with Gasteiger partial charge in [-0.15, -0.1) is 0 Å². The highest BCUT2D eigenvalue weighted by Crippen LogP contribution is 1.95. The third-order valence-corrected chi connectivity index (χ3v) is 2.92. The predicted molar refractivity (Wildman–Crippen MR) is 83.1 cm³/mol. The van der Waals surface area contributed by atoms with Crippen molar-refractivity contribution in [3.63, 3.8) is 0 Å². The summed E-state index contributed by atoms with van der Waals surface area (Å²) in [5.74, 6) is -0.215. The first kappa shape index (κ1) is 21.3. The van der Waals surface area contributed by atoms with Gasteiger partial charge in [-0.1, -0.05) is 0 Å². The third-order valence-electron chi connectivity index (χ3n) is 2.92. The van der Waals surface area contributed by atoms with E-state index >= 15 is 0 Å². The zero-order valence-electron chi connectivity index (χ0n) is 14.2. The summed E-state index contributed by atoms with van der Waals surface area (Å²) in [5.41, 5.74) is 0. The summed E-state index contributed by atoms with van der Waals surface area (Å²) in [6.07, 6.45) is 0.354. The molecule has 0 N–H and O–H groups in total. The highest BCUT2D eigenvalue weighted by Gasteiger charge is 2.09. The average molecular weight is 321 g/mol. The number of methoxy groups -OCH3 is 2. The van der Waals surface area contributed by atoms with E-state index in [0.717, 1.165) is 13.1 Å². The fourth-order valence-electron chi connectivity index (χ4n) is 1.68. The van der Waals surface area contributed by atoms with Crippen molar-refractivity contribution < 1.29 is 28.5 Å². The van der Waals surface area contributed by atoms with Crippen molar-refractivity contribution in [1.29, 1.82) is 0 Å². The van der Waals surface area contributed by atoms with Gasteiger partial charge in [0.1, 0.15) is 6.61 Å². The lowest BCUT2D eigenvalue weighted by molar-refractivity contribution is -0.145. The van der Waals surface area contributed by atoms with Gasteiger partial charge in [0.25, 0.3) is 0 Å². The van der Waals surface area contributed by atoms with Crippen molar-refractivity contribution in [2.75, 3.05) is 80.1 Å². The predicted octanol–water partition coefficient (Wildman–Crippen LogP) is 0.568. The quantitative estimate of drug-likeness (QED) is 0.304. The Bertz CT molecular complexity index is 244. The minimum Gasteiger partial charge on any atom is -0.463 e. The molecule has 0 fully saturated rings. The van der Waals surface area contributed by atoms with E-state index in [0.29, 0.717) is 52.6 Å². The summed E-state index contributed by atoms with van der Waals surface area (Å²) < 4.78 is 25.6. The van der Waals surface area contributed by atoms with Gasteiger partial charge in [-0.2, -0.15) is 0 Å². The number of nitrogens with zero attached hydrogens (tertiary/aromatic N) is 1. The van der Waals surface area contributed by atoms with Crippen LogP contribution in [-0.2, 0) is 28.5 Å². The Morgan fingerprint density at radius 2 is 1.41 bits per heavy atom. The topological polar surface area (TPSA) is 66.5 Å². The van der Waals surface area contributed by atoms with Crippen LogP contribution in [0.1, 0.15) is 13.3 Å². The fraction of sp³-hybridized carbons (Fsp3) is 0.933. The molecule has 0 aromatic heterocycles. The monoisotopic (exact) mass is 321 g/mol. The highest BCUT2D eigenvalue weighted by atomic mass is 16.6. The molecular weight excluding hydrogens is 290 g/mol. The van der Waals surface area contributed by atoms with Gasteiger partial charge >= 0.3 is 5.97 Å². The van der Waals surface area contributed by atoms with Crippen LogP contribution in [0.4, 0.5) is 0 Å². The molecule has 0 aliphatic rings. The molecule has 0 radical (unpaired) electrons. The summed E-state index contributed by atoms with van der Waals surface area (Å²) in [6, 6.07) is 0. The van der Waals surface area contributed by atoms with E-state index in [1.807, 2.05) is 6.92 Å². The van der Waals surface area contributed by atoms with Gasteiger partial charge in [-0.3, -0.25) is 9.69 Å². The lowest BCUT2D eigenvalue weighted by Crippen LogP contribution is -2.33. The lowest BCUT2D eigenvalue weighted by Gasteiger charge is -2.20. The van der Waals surface area contributed by atoms with Crippen molar-refractivity contribution in [2.45, 2.75) is 13.3 Å². The summed E-state index contributed by atoms with van der Waals surface area (Å²) >= 11 is 0. The fourth-order valence-corrected chi connectivity index (χ4v) is 1.68. The smallest absolute Gasteiger partial charge is 0.307 e. The van der Waals surface area contributed by atoms with Crippen LogP contribution in [-0.4, -0.2) is 91.0 Å². The summed E-state index contributed by atoms with van der Waals surface area (Å²) in [5, 5.41) is 0. The Morgan fingerprint density at radius 3 is 2.00 bits per heavy atom. The maximum absolute atomic E-state index is 11.6. The Morgan fingerprint density at radius 1 is 0.818 bits per heavy atom. The second kappa shape index (κ2) is 16.6. The van der Waals surface area contributed by atoms with Crippen LogP contribution in [0.15, 0.2) is 0 Å². The van der Waals surface area contributed by atoms with Gasteiger partial charge in [0, 0.05) is 40.5 Å². The molecule has 0 aliphatic carbocycles. The number of carbonyl (C=O) groups excluding carboxylic acids is 1. The number of hydrogen-bond acceptors (Lipinski definition) is 7. The second-order valence-electron chi connectivity index (χ2n) is 4.61. The number of hydrogen-bond donors (Lipinski definition) is 0. The largest absolute Gasteiger partial charge is 0.463 e. The van der Waals surface area contributed by atoms with E-state index < -0.39 is 0 Å². The first-order chi connectivity index (χ1) is 10.7. The van der Waals surface area contributed by atoms with Gasteiger partial charge in [-0.05, 0) is 6.92 Å². The van der Waals surface area contributed by atoms with Crippen molar-refractivity contribution >= 4 is 5.97 Å². The molecule has 0 aromatic carbocycles. The molecule has 132 valence electrons. The van der Waals surface area contributed by atoms with Crippen LogP contribution in [0.25, 0.3) is 0 Å². The zero-order valence-corrected chi connectivity index (χ0v) is 14.2. The van der Waals surface area contributed by atoms with E-state index in [1.165, 1.54) is 0 Å². The number of esters is 1. The molecule has 0 unspecified atom stereocenters. The summed E-state index contributed by atoms with van der Waals surface area (Å²) in [4.78, 5) is 13.8. The first-order valence-corrected chi connectivity index (χ1v) is 7.75. The van der Waals surface area contributed by atoms with Gasteiger partial charge < -0.3 is 23.7 Å². The van der Waals surface area contributed by atoms with Crippen molar-refractivity contribution in [3.05, 3.63) is 0 Å². The van der Waals surface area contributed by atoms with E-state index in [1.54, 1.807) is 14.2 Å². The molecule has 0 saturated heterocycles. The Hall–Kier alpha value is -0.730. The SMILES string of the molecule is CCOCCOCCOC(=O)CCN(CCOC)CCOC. The van der Waals surface area contributed by atoms with E-state index in [-0.39, 0.29) is 12.6 Å². The molecule has 0 heterocycles. The van der Waals surface area contributed by atoms with Gasteiger partial charge in [-0.25, -0.2) is 0 Å². The normalized spacial score (nSPS) is 11.1. The molecular formula is C15H31NO6. The molecule has 7 heteroatoms. The van der Waals surface area contributed by atoms with Crippen LogP contribution in [0.3, 0.4) is 0 Å². The molecule has 22 heavy (non-hydrogen) atoms. The second-order valence-corrected chi connectivity index (χ2v) is 4.61. The maximum Gasteiger partial charge on any atom is 0.307 e. The summed E-state index contributed by atoms with van der Waals surface area (Å²) in [7, 11) is 3.32. The zero-order chi connectivity index (χ0) is 16.5. The molecule has 0 bridgehead atoms. The van der Waals surface area contributed by atoms with Crippen LogP contribution in [0, 0.1) is 0 Å².